The fraction of sp³-hybridized carbons (Fsp3) is 0.875. The Balaban J connectivity index is 1.69. The number of rotatable bonds is 3. The second kappa shape index (κ2) is 5.95. The fourth-order valence-corrected chi connectivity index (χ4v) is 4.24. The quantitative estimate of drug-likeness (QED) is 0.782. The maximum Gasteiger partial charge on any atom is 0.246 e. The Kier molecular flexibility index (Phi) is 4.20. The van der Waals surface area contributed by atoms with Gasteiger partial charge in [0.15, 0.2) is 0 Å². The molecule has 0 bridgehead atoms. The topological polar surface area (TPSA) is 43.9 Å². The number of piperidine rings is 1. The normalized spacial score (nSPS) is 31.9. The van der Waals surface area contributed by atoms with E-state index in [1.54, 1.807) is 0 Å². The van der Waals surface area contributed by atoms with E-state index in [0.29, 0.717) is 0 Å². The summed E-state index contributed by atoms with van der Waals surface area (Å²) in [6.45, 7) is 8.13. The lowest BCUT2D eigenvalue weighted by Gasteiger charge is -2.47. The SMILES string of the molecule is CCCN1CCC(N2C(=O)C3CCCN3C(=O)C2C)CC1. The Labute approximate surface area is 127 Å². The van der Waals surface area contributed by atoms with E-state index in [9.17, 15) is 9.59 Å². The van der Waals surface area contributed by atoms with Gasteiger partial charge in [-0.15, -0.1) is 0 Å². The van der Waals surface area contributed by atoms with Crippen LogP contribution in [0.25, 0.3) is 0 Å². The first-order chi connectivity index (χ1) is 10.1. The molecular weight excluding hydrogens is 266 g/mol. The number of hydrogen-bond donors (Lipinski definition) is 0. The van der Waals surface area contributed by atoms with Crippen molar-refractivity contribution in [3.63, 3.8) is 0 Å². The molecule has 3 heterocycles. The van der Waals surface area contributed by atoms with Crippen LogP contribution in [0.15, 0.2) is 0 Å². The van der Waals surface area contributed by atoms with Crippen LogP contribution < -0.4 is 0 Å². The zero-order chi connectivity index (χ0) is 15.0. The summed E-state index contributed by atoms with van der Waals surface area (Å²) in [5.41, 5.74) is 0. The van der Waals surface area contributed by atoms with Gasteiger partial charge in [-0.05, 0) is 45.6 Å². The van der Waals surface area contributed by atoms with Crippen LogP contribution in [-0.2, 0) is 9.59 Å². The van der Waals surface area contributed by atoms with Crippen molar-refractivity contribution in [3.8, 4) is 0 Å². The van der Waals surface area contributed by atoms with Gasteiger partial charge in [-0.2, -0.15) is 0 Å². The maximum atomic E-state index is 12.8. The van der Waals surface area contributed by atoms with Crippen LogP contribution >= 0.6 is 0 Å². The molecule has 118 valence electrons. The standard InChI is InChI=1S/C16H27N3O2/c1-3-8-17-10-6-13(7-11-17)19-12(2)15(20)18-9-4-5-14(18)16(19)21/h12-14H,3-11H2,1-2H3. The summed E-state index contributed by atoms with van der Waals surface area (Å²) in [5, 5.41) is 0. The third-order valence-electron chi connectivity index (χ3n) is 5.34. The Morgan fingerprint density at radius 2 is 1.76 bits per heavy atom. The number of nitrogens with zero attached hydrogens (tertiary/aromatic N) is 3. The molecule has 21 heavy (non-hydrogen) atoms. The molecule has 0 N–H and O–H groups in total. The highest BCUT2D eigenvalue weighted by atomic mass is 16.2. The zero-order valence-corrected chi connectivity index (χ0v) is 13.3. The minimum absolute atomic E-state index is 0.160. The number of carbonyl (C=O) groups is 2. The van der Waals surface area contributed by atoms with Crippen molar-refractivity contribution in [2.75, 3.05) is 26.2 Å². The molecule has 3 fully saturated rings. The van der Waals surface area contributed by atoms with Gasteiger partial charge in [0.05, 0.1) is 0 Å². The van der Waals surface area contributed by atoms with Crippen molar-refractivity contribution in [2.45, 2.75) is 64.1 Å². The van der Waals surface area contributed by atoms with E-state index >= 15 is 0 Å². The van der Waals surface area contributed by atoms with Gasteiger partial charge in [0.2, 0.25) is 11.8 Å². The molecule has 2 amide bonds. The van der Waals surface area contributed by atoms with E-state index in [2.05, 4.69) is 11.8 Å². The summed E-state index contributed by atoms with van der Waals surface area (Å²) >= 11 is 0. The van der Waals surface area contributed by atoms with Crippen LogP contribution in [0, 0.1) is 0 Å². The maximum absolute atomic E-state index is 12.8. The molecule has 5 nitrogen and oxygen atoms in total. The first-order valence-corrected chi connectivity index (χ1v) is 8.48. The molecule has 3 aliphatic heterocycles. The lowest BCUT2D eigenvalue weighted by molar-refractivity contribution is -0.162. The van der Waals surface area contributed by atoms with E-state index in [1.165, 1.54) is 6.42 Å². The number of carbonyl (C=O) groups excluding carboxylic acids is 2. The Morgan fingerprint density at radius 1 is 1.05 bits per heavy atom. The fourth-order valence-electron chi connectivity index (χ4n) is 4.24. The van der Waals surface area contributed by atoms with Gasteiger partial charge in [0, 0.05) is 25.7 Å². The van der Waals surface area contributed by atoms with Gasteiger partial charge in [0.1, 0.15) is 12.1 Å². The molecule has 0 aliphatic carbocycles. The molecule has 2 unspecified atom stereocenters. The molecule has 0 radical (unpaired) electrons. The van der Waals surface area contributed by atoms with Crippen LogP contribution in [-0.4, -0.2) is 70.8 Å². The van der Waals surface area contributed by atoms with Crippen molar-refractivity contribution in [3.05, 3.63) is 0 Å². The van der Waals surface area contributed by atoms with Gasteiger partial charge in [-0.3, -0.25) is 9.59 Å². The largest absolute Gasteiger partial charge is 0.329 e. The van der Waals surface area contributed by atoms with Crippen LogP contribution in [0.2, 0.25) is 0 Å². The molecule has 0 spiro atoms. The smallest absolute Gasteiger partial charge is 0.246 e. The van der Waals surface area contributed by atoms with Crippen LogP contribution in [0.4, 0.5) is 0 Å². The monoisotopic (exact) mass is 293 g/mol. The van der Waals surface area contributed by atoms with Gasteiger partial charge < -0.3 is 14.7 Å². The Hall–Kier alpha value is -1.10. The summed E-state index contributed by atoms with van der Waals surface area (Å²) in [7, 11) is 0. The highest BCUT2D eigenvalue weighted by molar-refractivity contribution is 5.97. The summed E-state index contributed by atoms with van der Waals surface area (Å²) in [4.78, 5) is 31.5. The number of fused-ring (bicyclic) bond motifs is 1. The lowest BCUT2D eigenvalue weighted by Crippen LogP contribution is -2.65. The third-order valence-corrected chi connectivity index (χ3v) is 5.34. The third kappa shape index (κ3) is 2.56. The van der Waals surface area contributed by atoms with Crippen LogP contribution in [0.5, 0.6) is 0 Å². The zero-order valence-electron chi connectivity index (χ0n) is 13.3. The Bertz CT molecular complexity index is 418. The predicted molar refractivity (Wildman–Crippen MR) is 80.8 cm³/mol. The first kappa shape index (κ1) is 14.8. The van der Waals surface area contributed by atoms with Gasteiger partial charge >= 0.3 is 0 Å². The lowest BCUT2D eigenvalue weighted by atomic mass is 9.97. The Morgan fingerprint density at radius 3 is 2.43 bits per heavy atom. The number of likely N-dealkylation sites (tertiary alicyclic amines) is 1. The summed E-state index contributed by atoms with van der Waals surface area (Å²) in [6.07, 6.45) is 5.02. The second-order valence-electron chi connectivity index (χ2n) is 6.68. The number of hydrogen-bond acceptors (Lipinski definition) is 3. The highest BCUT2D eigenvalue weighted by Gasteiger charge is 2.48. The molecule has 3 saturated heterocycles. The molecule has 0 aromatic carbocycles. The molecule has 2 atom stereocenters. The first-order valence-electron chi connectivity index (χ1n) is 8.48. The average molecular weight is 293 g/mol. The molecule has 0 saturated carbocycles. The second-order valence-corrected chi connectivity index (χ2v) is 6.68. The van der Waals surface area contributed by atoms with E-state index in [0.717, 1.165) is 51.9 Å². The van der Waals surface area contributed by atoms with Crippen molar-refractivity contribution < 1.29 is 9.59 Å². The molecule has 5 heteroatoms. The van der Waals surface area contributed by atoms with Gasteiger partial charge in [-0.1, -0.05) is 6.92 Å². The number of amides is 2. The van der Waals surface area contributed by atoms with E-state index in [-0.39, 0.29) is 29.9 Å². The highest BCUT2D eigenvalue weighted by Crippen LogP contribution is 2.30. The minimum Gasteiger partial charge on any atom is -0.329 e. The summed E-state index contributed by atoms with van der Waals surface area (Å²) in [6, 6.07) is -0.177. The number of piperazine rings is 1. The van der Waals surface area contributed by atoms with Crippen molar-refractivity contribution in [1.29, 1.82) is 0 Å². The predicted octanol–water partition coefficient (Wildman–Crippen LogP) is 1.08. The molecular formula is C16H27N3O2. The van der Waals surface area contributed by atoms with Crippen molar-refractivity contribution in [1.82, 2.24) is 14.7 Å². The average Bonchev–Trinajstić information content (AvgIpc) is 2.97. The minimum atomic E-state index is -0.269. The van der Waals surface area contributed by atoms with Crippen LogP contribution in [0.1, 0.15) is 46.0 Å². The summed E-state index contributed by atoms with van der Waals surface area (Å²) < 4.78 is 0. The van der Waals surface area contributed by atoms with Crippen molar-refractivity contribution >= 4 is 11.8 Å². The van der Waals surface area contributed by atoms with E-state index in [4.69, 9.17) is 0 Å². The van der Waals surface area contributed by atoms with E-state index in [1.807, 2.05) is 16.7 Å². The molecule has 3 rings (SSSR count). The molecule has 0 aromatic heterocycles. The molecule has 3 aliphatic rings. The van der Waals surface area contributed by atoms with Gasteiger partial charge in [0.25, 0.3) is 0 Å². The van der Waals surface area contributed by atoms with Crippen molar-refractivity contribution in [2.24, 2.45) is 0 Å². The summed E-state index contributed by atoms with van der Waals surface area (Å²) in [5.74, 6) is 0.363. The molecule has 0 aromatic rings. The van der Waals surface area contributed by atoms with Crippen LogP contribution in [0.3, 0.4) is 0 Å². The van der Waals surface area contributed by atoms with Gasteiger partial charge in [-0.25, -0.2) is 0 Å². The van der Waals surface area contributed by atoms with E-state index < -0.39 is 0 Å².